The molecular formula is C24H24N2O4. The number of rotatable bonds is 7. The standard InChI is InChI=1S/C24H24N2O4/c27-23(16-30-21-12-9-17-4-1-2-5-19(17)14-21)26-20-10-7-18(8-11-20)24(28)25-15-22-6-3-13-29-22/h1-2,4-5,7-12,14,22H,3,6,13,15-16H2,(H,25,28)(H,26,27). The maximum atomic E-state index is 12.2. The van der Waals surface area contributed by atoms with Crippen molar-refractivity contribution in [2.24, 2.45) is 0 Å². The van der Waals surface area contributed by atoms with E-state index in [-0.39, 0.29) is 24.5 Å². The smallest absolute Gasteiger partial charge is 0.262 e. The van der Waals surface area contributed by atoms with Gasteiger partial charge in [0.1, 0.15) is 5.75 Å². The highest BCUT2D eigenvalue weighted by Crippen LogP contribution is 2.20. The van der Waals surface area contributed by atoms with Gasteiger partial charge < -0.3 is 20.1 Å². The molecule has 0 aromatic heterocycles. The van der Waals surface area contributed by atoms with E-state index >= 15 is 0 Å². The number of ether oxygens (including phenoxy) is 2. The lowest BCUT2D eigenvalue weighted by atomic mass is 10.1. The Labute approximate surface area is 175 Å². The molecule has 1 aliphatic heterocycles. The summed E-state index contributed by atoms with van der Waals surface area (Å²) in [5.74, 6) is 0.226. The van der Waals surface area contributed by atoms with E-state index in [4.69, 9.17) is 9.47 Å². The first-order valence-electron chi connectivity index (χ1n) is 10.1. The third-order valence-corrected chi connectivity index (χ3v) is 5.04. The van der Waals surface area contributed by atoms with Crippen molar-refractivity contribution in [3.63, 3.8) is 0 Å². The van der Waals surface area contributed by atoms with Gasteiger partial charge >= 0.3 is 0 Å². The van der Waals surface area contributed by atoms with Crippen LogP contribution in [0.4, 0.5) is 5.69 Å². The zero-order valence-corrected chi connectivity index (χ0v) is 16.6. The van der Waals surface area contributed by atoms with Crippen LogP contribution in [-0.4, -0.2) is 37.7 Å². The molecule has 2 amide bonds. The molecule has 0 saturated carbocycles. The lowest BCUT2D eigenvalue weighted by molar-refractivity contribution is -0.118. The van der Waals surface area contributed by atoms with E-state index < -0.39 is 0 Å². The fourth-order valence-electron chi connectivity index (χ4n) is 3.42. The third-order valence-electron chi connectivity index (χ3n) is 5.04. The molecule has 6 heteroatoms. The van der Waals surface area contributed by atoms with E-state index in [9.17, 15) is 9.59 Å². The summed E-state index contributed by atoms with van der Waals surface area (Å²) in [5.41, 5.74) is 1.15. The number of nitrogens with one attached hydrogen (secondary N) is 2. The predicted molar refractivity (Wildman–Crippen MR) is 116 cm³/mol. The summed E-state index contributed by atoms with van der Waals surface area (Å²) >= 11 is 0. The topological polar surface area (TPSA) is 76.7 Å². The van der Waals surface area contributed by atoms with Gasteiger partial charge in [-0.3, -0.25) is 9.59 Å². The summed E-state index contributed by atoms with van der Waals surface area (Å²) in [6.07, 6.45) is 2.13. The molecule has 3 aromatic carbocycles. The Morgan fingerprint density at radius 1 is 1.00 bits per heavy atom. The van der Waals surface area contributed by atoms with E-state index in [2.05, 4.69) is 10.6 Å². The fourth-order valence-corrected chi connectivity index (χ4v) is 3.42. The summed E-state index contributed by atoms with van der Waals surface area (Å²) < 4.78 is 11.1. The van der Waals surface area contributed by atoms with Gasteiger partial charge in [0, 0.05) is 24.4 Å². The van der Waals surface area contributed by atoms with Crippen LogP contribution >= 0.6 is 0 Å². The normalized spacial score (nSPS) is 15.7. The van der Waals surface area contributed by atoms with E-state index in [1.54, 1.807) is 24.3 Å². The van der Waals surface area contributed by atoms with Crippen molar-refractivity contribution >= 4 is 28.3 Å². The van der Waals surface area contributed by atoms with Crippen molar-refractivity contribution in [3.05, 3.63) is 72.3 Å². The van der Waals surface area contributed by atoms with Crippen LogP contribution in [0.15, 0.2) is 66.7 Å². The minimum absolute atomic E-state index is 0.0953. The van der Waals surface area contributed by atoms with Crippen molar-refractivity contribution in [2.75, 3.05) is 25.1 Å². The first-order valence-corrected chi connectivity index (χ1v) is 10.1. The maximum Gasteiger partial charge on any atom is 0.262 e. The van der Waals surface area contributed by atoms with Crippen molar-refractivity contribution in [1.82, 2.24) is 5.32 Å². The summed E-state index contributed by atoms with van der Waals surface area (Å²) in [6, 6.07) is 20.5. The van der Waals surface area contributed by atoms with Gasteiger partial charge in [-0.2, -0.15) is 0 Å². The van der Waals surface area contributed by atoms with Crippen LogP contribution in [0, 0.1) is 0 Å². The first kappa shape index (κ1) is 19.9. The number of hydrogen-bond acceptors (Lipinski definition) is 4. The average Bonchev–Trinajstić information content (AvgIpc) is 3.30. The highest BCUT2D eigenvalue weighted by atomic mass is 16.5. The van der Waals surface area contributed by atoms with E-state index in [1.807, 2.05) is 42.5 Å². The molecule has 154 valence electrons. The van der Waals surface area contributed by atoms with Gasteiger partial charge in [-0.05, 0) is 60.0 Å². The Morgan fingerprint density at radius 3 is 2.57 bits per heavy atom. The minimum Gasteiger partial charge on any atom is -0.484 e. The Morgan fingerprint density at radius 2 is 1.80 bits per heavy atom. The van der Waals surface area contributed by atoms with Crippen LogP contribution in [0.1, 0.15) is 23.2 Å². The van der Waals surface area contributed by atoms with Gasteiger partial charge in [-0.15, -0.1) is 0 Å². The lowest BCUT2D eigenvalue weighted by Crippen LogP contribution is -2.31. The summed E-state index contributed by atoms with van der Waals surface area (Å²) in [5, 5.41) is 7.84. The molecule has 3 aromatic rings. The van der Waals surface area contributed by atoms with Gasteiger partial charge in [0.25, 0.3) is 11.8 Å². The first-order chi connectivity index (χ1) is 14.7. The SMILES string of the molecule is O=C(COc1ccc2ccccc2c1)Nc1ccc(C(=O)NCC2CCCO2)cc1. The predicted octanol–water partition coefficient (Wildman–Crippen LogP) is 3.77. The number of carbonyl (C=O) groups excluding carboxylic acids is 2. The molecule has 1 aliphatic rings. The quantitative estimate of drug-likeness (QED) is 0.629. The summed E-state index contributed by atoms with van der Waals surface area (Å²) in [7, 11) is 0. The molecule has 6 nitrogen and oxygen atoms in total. The van der Waals surface area contributed by atoms with Crippen molar-refractivity contribution in [2.45, 2.75) is 18.9 Å². The highest BCUT2D eigenvalue weighted by molar-refractivity contribution is 5.96. The fraction of sp³-hybridized carbons (Fsp3) is 0.250. The Kier molecular flexibility index (Phi) is 6.25. The number of amides is 2. The second-order valence-corrected chi connectivity index (χ2v) is 7.27. The molecule has 1 saturated heterocycles. The van der Waals surface area contributed by atoms with Gasteiger partial charge in [-0.1, -0.05) is 30.3 Å². The molecule has 0 bridgehead atoms. The van der Waals surface area contributed by atoms with Gasteiger partial charge in [0.05, 0.1) is 6.10 Å². The number of carbonyl (C=O) groups is 2. The third kappa shape index (κ3) is 5.15. The second-order valence-electron chi connectivity index (χ2n) is 7.27. The molecule has 0 aliphatic carbocycles. The van der Waals surface area contributed by atoms with Crippen LogP contribution in [0.5, 0.6) is 5.75 Å². The zero-order chi connectivity index (χ0) is 20.8. The molecule has 2 N–H and O–H groups in total. The zero-order valence-electron chi connectivity index (χ0n) is 16.6. The number of anilines is 1. The summed E-state index contributed by atoms with van der Waals surface area (Å²) in [4.78, 5) is 24.4. The summed E-state index contributed by atoms with van der Waals surface area (Å²) in [6.45, 7) is 1.19. The van der Waals surface area contributed by atoms with Crippen LogP contribution in [0.2, 0.25) is 0 Å². The molecule has 4 rings (SSSR count). The number of fused-ring (bicyclic) bond motifs is 1. The largest absolute Gasteiger partial charge is 0.484 e. The van der Waals surface area contributed by atoms with Crippen molar-refractivity contribution in [3.8, 4) is 5.75 Å². The monoisotopic (exact) mass is 404 g/mol. The van der Waals surface area contributed by atoms with Crippen LogP contribution in [0.25, 0.3) is 10.8 Å². The van der Waals surface area contributed by atoms with Crippen LogP contribution in [0.3, 0.4) is 0 Å². The highest BCUT2D eigenvalue weighted by Gasteiger charge is 2.16. The van der Waals surface area contributed by atoms with Crippen molar-refractivity contribution < 1.29 is 19.1 Å². The molecule has 0 spiro atoms. The lowest BCUT2D eigenvalue weighted by Gasteiger charge is -2.11. The van der Waals surface area contributed by atoms with Gasteiger partial charge in [0.15, 0.2) is 6.61 Å². The molecule has 1 atom stereocenters. The van der Waals surface area contributed by atoms with E-state index in [0.717, 1.165) is 30.2 Å². The minimum atomic E-state index is -0.265. The van der Waals surface area contributed by atoms with Gasteiger partial charge in [0.2, 0.25) is 0 Å². The molecule has 1 heterocycles. The molecule has 1 unspecified atom stereocenters. The Hall–Kier alpha value is -3.38. The average molecular weight is 404 g/mol. The number of hydrogen-bond donors (Lipinski definition) is 2. The Balaban J connectivity index is 1.26. The molecule has 30 heavy (non-hydrogen) atoms. The molecule has 0 radical (unpaired) electrons. The number of benzene rings is 3. The van der Waals surface area contributed by atoms with Crippen molar-refractivity contribution in [1.29, 1.82) is 0 Å². The maximum absolute atomic E-state index is 12.2. The Bertz CT molecular complexity index is 1030. The molecule has 1 fully saturated rings. The molecular weight excluding hydrogens is 380 g/mol. The van der Waals surface area contributed by atoms with Crippen LogP contribution in [-0.2, 0) is 9.53 Å². The van der Waals surface area contributed by atoms with Crippen LogP contribution < -0.4 is 15.4 Å². The van der Waals surface area contributed by atoms with E-state index in [0.29, 0.717) is 23.5 Å². The second kappa shape index (κ2) is 9.41. The van der Waals surface area contributed by atoms with E-state index in [1.165, 1.54) is 0 Å². The van der Waals surface area contributed by atoms with Gasteiger partial charge in [-0.25, -0.2) is 0 Å².